The fraction of sp³-hybridized carbons (Fsp3) is 0.833. The van der Waals surface area contributed by atoms with Gasteiger partial charge in [0, 0.05) is 16.8 Å². The van der Waals surface area contributed by atoms with E-state index in [-0.39, 0.29) is 11.0 Å². The van der Waals surface area contributed by atoms with Crippen molar-refractivity contribution in [3.05, 3.63) is 16.1 Å². The maximum Gasteiger partial charge on any atom is 0.113 e. The van der Waals surface area contributed by atoms with E-state index >= 15 is 0 Å². The minimum Gasteiger partial charge on any atom is -0.303 e. The minimum atomic E-state index is 0.164. The first-order valence-corrected chi connectivity index (χ1v) is 9.62. The normalized spacial score (nSPS) is 23.6. The molecule has 0 spiro atoms. The van der Waals surface area contributed by atoms with Crippen LogP contribution in [0.25, 0.3) is 0 Å². The number of nitrogens with one attached hydrogen (secondary N) is 1. The van der Waals surface area contributed by atoms with Gasteiger partial charge >= 0.3 is 0 Å². The third kappa shape index (κ3) is 3.68. The molecule has 0 aliphatic heterocycles. The second kappa shape index (κ2) is 6.00. The number of thiazole rings is 1. The fourth-order valence-electron chi connectivity index (χ4n) is 3.39. The smallest absolute Gasteiger partial charge is 0.113 e. The van der Waals surface area contributed by atoms with Crippen molar-refractivity contribution in [2.24, 2.45) is 0 Å². The fourth-order valence-corrected chi connectivity index (χ4v) is 4.65. The molecular weight excluding hydrogens is 276 g/mol. The Bertz CT molecular complexity index is 460. The Kier molecular flexibility index (Phi) is 4.42. The van der Waals surface area contributed by atoms with Gasteiger partial charge in [-0.25, -0.2) is 4.98 Å². The van der Waals surface area contributed by atoms with E-state index in [4.69, 9.17) is 4.98 Å². The van der Waals surface area contributed by atoms with Gasteiger partial charge in [0.2, 0.25) is 0 Å². The Morgan fingerprint density at radius 1 is 1.10 bits per heavy atom. The van der Waals surface area contributed by atoms with Crippen molar-refractivity contribution >= 4 is 11.3 Å². The van der Waals surface area contributed by atoms with Crippen molar-refractivity contribution in [2.75, 3.05) is 0 Å². The highest BCUT2D eigenvalue weighted by molar-refractivity contribution is 7.09. The molecule has 21 heavy (non-hydrogen) atoms. The summed E-state index contributed by atoms with van der Waals surface area (Å²) < 4.78 is 0. The molecule has 0 saturated heterocycles. The second-order valence-electron chi connectivity index (χ2n) is 8.06. The lowest BCUT2D eigenvalue weighted by molar-refractivity contribution is 0.248. The summed E-state index contributed by atoms with van der Waals surface area (Å²) in [6.07, 6.45) is 12.2. The summed E-state index contributed by atoms with van der Waals surface area (Å²) in [7, 11) is 0. The molecule has 118 valence electrons. The van der Waals surface area contributed by atoms with Crippen LogP contribution in [-0.2, 0) is 11.0 Å². The van der Waals surface area contributed by atoms with Crippen molar-refractivity contribution in [1.29, 1.82) is 0 Å². The van der Waals surface area contributed by atoms with Crippen LogP contribution in [0.15, 0.2) is 5.38 Å². The highest BCUT2D eigenvalue weighted by Crippen LogP contribution is 2.40. The standard InChI is InChI=1S/C18H30N2S/c1-17(2,3)15-13-21-16(19-15)18(20-14-9-10-14)11-7-5-4-6-8-12-18/h13-14,20H,4-12H2,1-3H3. The maximum atomic E-state index is 5.09. The largest absolute Gasteiger partial charge is 0.303 e. The highest BCUT2D eigenvalue weighted by Gasteiger charge is 2.40. The number of rotatable bonds is 3. The molecule has 2 fully saturated rings. The Balaban J connectivity index is 1.87. The van der Waals surface area contributed by atoms with Crippen LogP contribution in [0.5, 0.6) is 0 Å². The van der Waals surface area contributed by atoms with Gasteiger partial charge < -0.3 is 5.32 Å². The van der Waals surface area contributed by atoms with Gasteiger partial charge in [0.25, 0.3) is 0 Å². The average molecular weight is 307 g/mol. The molecule has 1 aromatic heterocycles. The van der Waals surface area contributed by atoms with Crippen molar-refractivity contribution < 1.29 is 0 Å². The summed E-state index contributed by atoms with van der Waals surface area (Å²) in [5, 5.41) is 7.66. The summed E-state index contributed by atoms with van der Waals surface area (Å²) in [5.41, 5.74) is 1.61. The van der Waals surface area contributed by atoms with Crippen LogP contribution in [0.1, 0.15) is 89.3 Å². The van der Waals surface area contributed by atoms with E-state index in [1.807, 2.05) is 11.3 Å². The zero-order valence-corrected chi connectivity index (χ0v) is 14.7. The lowest BCUT2D eigenvalue weighted by Crippen LogP contribution is -2.44. The van der Waals surface area contributed by atoms with Crippen molar-refractivity contribution in [3.63, 3.8) is 0 Å². The number of hydrogen-bond acceptors (Lipinski definition) is 3. The van der Waals surface area contributed by atoms with Gasteiger partial charge in [0.15, 0.2) is 0 Å². The van der Waals surface area contributed by atoms with E-state index in [9.17, 15) is 0 Å². The lowest BCUT2D eigenvalue weighted by atomic mass is 9.84. The number of hydrogen-bond donors (Lipinski definition) is 1. The molecular formula is C18H30N2S. The van der Waals surface area contributed by atoms with Gasteiger partial charge in [0.05, 0.1) is 11.2 Å². The molecule has 2 nitrogen and oxygen atoms in total. The van der Waals surface area contributed by atoms with Gasteiger partial charge in [-0.05, 0) is 25.7 Å². The Hall–Kier alpha value is -0.410. The maximum absolute atomic E-state index is 5.09. The van der Waals surface area contributed by atoms with Crippen molar-refractivity contribution in [2.45, 2.75) is 95.6 Å². The lowest BCUT2D eigenvalue weighted by Gasteiger charge is -2.35. The first-order valence-electron chi connectivity index (χ1n) is 8.74. The minimum absolute atomic E-state index is 0.164. The molecule has 1 heterocycles. The third-order valence-electron chi connectivity index (χ3n) is 4.95. The van der Waals surface area contributed by atoms with E-state index in [1.54, 1.807) is 0 Å². The van der Waals surface area contributed by atoms with E-state index < -0.39 is 0 Å². The van der Waals surface area contributed by atoms with Crippen LogP contribution in [0.4, 0.5) is 0 Å². The van der Waals surface area contributed by atoms with Gasteiger partial charge in [-0.15, -0.1) is 11.3 Å². The van der Waals surface area contributed by atoms with E-state index in [0.717, 1.165) is 6.04 Å². The molecule has 0 bridgehead atoms. The van der Waals surface area contributed by atoms with Crippen LogP contribution in [0.2, 0.25) is 0 Å². The zero-order chi connectivity index (χ0) is 14.9. The second-order valence-corrected chi connectivity index (χ2v) is 8.91. The van der Waals surface area contributed by atoms with E-state index in [0.29, 0.717) is 0 Å². The molecule has 0 radical (unpaired) electrons. The number of nitrogens with zero attached hydrogens (tertiary/aromatic N) is 1. The summed E-state index contributed by atoms with van der Waals surface area (Å²) >= 11 is 1.89. The molecule has 3 heteroatoms. The van der Waals surface area contributed by atoms with Crippen molar-refractivity contribution in [3.8, 4) is 0 Å². The monoisotopic (exact) mass is 306 g/mol. The van der Waals surface area contributed by atoms with Crippen LogP contribution in [-0.4, -0.2) is 11.0 Å². The summed E-state index contributed by atoms with van der Waals surface area (Å²) in [6, 6.07) is 0.756. The molecule has 2 aliphatic carbocycles. The van der Waals surface area contributed by atoms with Crippen LogP contribution < -0.4 is 5.32 Å². The predicted molar refractivity (Wildman–Crippen MR) is 91.0 cm³/mol. The molecule has 2 saturated carbocycles. The van der Waals surface area contributed by atoms with Gasteiger partial charge in [-0.1, -0.05) is 52.9 Å². The van der Waals surface area contributed by atoms with Gasteiger partial charge in [0.1, 0.15) is 5.01 Å². The molecule has 3 rings (SSSR count). The summed E-state index contributed by atoms with van der Waals surface area (Å²) in [5.74, 6) is 0. The summed E-state index contributed by atoms with van der Waals surface area (Å²) in [4.78, 5) is 5.09. The zero-order valence-electron chi connectivity index (χ0n) is 13.9. The molecule has 1 N–H and O–H groups in total. The first kappa shape index (κ1) is 15.5. The molecule has 0 unspecified atom stereocenters. The first-order chi connectivity index (χ1) is 10.00. The molecule has 1 aromatic rings. The van der Waals surface area contributed by atoms with Crippen LogP contribution in [0.3, 0.4) is 0 Å². The Labute approximate surface area is 133 Å². The third-order valence-corrected chi connectivity index (χ3v) is 5.99. The van der Waals surface area contributed by atoms with Crippen molar-refractivity contribution in [1.82, 2.24) is 10.3 Å². The average Bonchev–Trinajstić information content (AvgIpc) is 3.03. The summed E-state index contributed by atoms with van der Waals surface area (Å²) in [6.45, 7) is 6.81. The quantitative estimate of drug-likeness (QED) is 0.837. The molecule has 0 amide bonds. The molecule has 0 atom stereocenters. The predicted octanol–water partition coefficient (Wildman–Crippen LogP) is 5.13. The molecule has 0 aromatic carbocycles. The molecule has 2 aliphatic rings. The Morgan fingerprint density at radius 2 is 1.71 bits per heavy atom. The van der Waals surface area contributed by atoms with E-state index in [2.05, 4.69) is 31.5 Å². The Morgan fingerprint density at radius 3 is 2.24 bits per heavy atom. The topological polar surface area (TPSA) is 24.9 Å². The van der Waals surface area contributed by atoms with Crippen LogP contribution in [0, 0.1) is 0 Å². The number of aromatic nitrogens is 1. The van der Waals surface area contributed by atoms with Crippen LogP contribution >= 0.6 is 11.3 Å². The van der Waals surface area contributed by atoms with E-state index in [1.165, 1.54) is 68.5 Å². The van der Waals surface area contributed by atoms with Gasteiger partial charge in [-0.3, -0.25) is 0 Å². The SMILES string of the molecule is CC(C)(C)c1csc(C2(NC3CC3)CCCCCCC2)n1. The highest BCUT2D eigenvalue weighted by atomic mass is 32.1. The van der Waals surface area contributed by atoms with Gasteiger partial charge in [-0.2, -0.15) is 0 Å².